The third kappa shape index (κ3) is 6.72. The van der Waals surface area contributed by atoms with Gasteiger partial charge in [-0.25, -0.2) is 0 Å². The molecule has 0 spiro atoms. The Morgan fingerprint density at radius 3 is 2.67 bits per heavy atom. The van der Waals surface area contributed by atoms with E-state index in [4.69, 9.17) is 16.3 Å². The number of ether oxygens (including phenoxy) is 1. The first-order valence-electron chi connectivity index (χ1n) is 8.97. The SMILES string of the molecule is COc1ccc(Cl)cc1NC(=O)CSc1nnc(NC(=O)CCc2ccccc2)s1. The van der Waals surface area contributed by atoms with Crippen LogP contribution in [0.3, 0.4) is 0 Å². The summed E-state index contributed by atoms with van der Waals surface area (Å²) in [6.45, 7) is 0. The van der Waals surface area contributed by atoms with Gasteiger partial charge in [-0.3, -0.25) is 9.59 Å². The number of amides is 2. The van der Waals surface area contributed by atoms with Crippen LogP contribution in [0.2, 0.25) is 5.02 Å². The van der Waals surface area contributed by atoms with E-state index >= 15 is 0 Å². The molecule has 2 aromatic carbocycles. The highest BCUT2D eigenvalue weighted by molar-refractivity contribution is 8.01. The number of hydrogen-bond donors (Lipinski definition) is 2. The molecule has 2 N–H and O–H groups in total. The second kappa shape index (κ2) is 11.0. The molecule has 0 saturated carbocycles. The predicted molar refractivity (Wildman–Crippen MR) is 121 cm³/mol. The molecule has 0 radical (unpaired) electrons. The molecule has 1 aromatic heterocycles. The van der Waals surface area contributed by atoms with Gasteiger partial charge in [0.1, 0.15) is 5.75 Å². The average molecular weight is 463 g/mol. The molecule has 0 aliphatic rings. The number of nitrogens with one attached hydrogen (secondary N) is 2. The zero-order valence-corrected chi connectivity index (χ0v) is 18.4. The number of hydrogen-bond acceptors (Lipinski definition) is 7. The summed E-state index contributed by atoms with van der Waals surface area (Å²) in [7, 11) is 1.52. The van der Waals surface area contributed by atoms with Crippen LogP contribution in [0.1, 0.15) is 12.0 Å². The number of carbonyl (C=O) groups is 2. The Morgan fingerprint density at radius 2 is 1.90 bits per heavy atom. The molecule has 3 rings (SSSR count). The van der Waals surface area contributed by atoms with Crippen molar-refractivity contribution in [3.8, 4) is 5.75 Å². The molecule has 0 bridgehead atoms. The lowest BCUT2D eigenvalue weighted by Gasteiger charge is -2.09. The molecule has 10 heteroatoms. The maximum Gasteiger partial charge on any atom is 0.234 e. The fraction of sp³-hybridized carbons (Fsp3) is 0.200. The summed E-state index contributed by atoms with van der Waals surface area (Å²) in [5.74, 6) is 0.294. The van der Waals surface area contributed by atoms with Crippen molar-refractivity contribution in [3.63, 3.8) is 0 Å². The molecule has 0 saturated heterocycles. The maximum atomic E-state index is 12.2. The first-order valence-corrected chi connectivity index (χ1v) is 11.1. The molecule has 156 valence electrons. The highest BCUT2D eigenvalue weighted by Gasteiger charge is 2.12. The van der Waals surface area contributed by atoms with Gasteiger partial charge >= 0.3 is 0 Å². The average Bonchev–Trinajstić information content (AvgIpc) is 3.19. The summed E-state index contributed by atoms with van der Waals surface area (Å²) in [6, 6.07) is 14.8. The number of methoxy groups -OCH3 is 1. The number of rotatable bonds is 9. The first-order chi connectivity index (χ1) is 14.5. The van der Waals surface area contributed by atoms with Gasteiger partial charge in [0.2, 0.25) is 16.9 Å². The van der Waals surface area contributed by atoms with Gasteiger partial charge in [-0.15, -0.1) is 10.2 Å². The Kier molecular flexibility index (Phi) is 8.06. The van der Waals surface area contributed by atoms with Crippen molar-refractivity contribution in [1.82, 2.24) is 10.2 Å². The van der Waals surface area contributed by atoms with Crippen LogP contribution in [0.25, 0.3) is 0 Å². The standard InChI is InChI=1S/C20H19ClN4O3S2/c1-28-16-9-8-14(21)11-15(16)22-18(27)12-29-20-25-24-19(30-20)23-17(26)10-7-13-5-3-2-4-6-13/h2-6,8-9,11H,7,10,12H2,1H3,(H,22,27)(H,23,24,26). The Balaban J connectivity index is 1.45. The van der Waals surface area contributed by atoms with Crippen molar-refractivity contribution >= 4 is 57.3 Å². The zero-order valence-electron chi connectivity index (χ0n) is 16.1. The third-order valence-electron chi connectivity index (χ3n) is 3.90. The maximum absolute atomic E-state index is 12.2. The van der Waals surface area contributed by atoms with Gasteiger partial charge in [0.15, 0.2) is 4.34 Å². The van der Waals surface area contributed by atoms with E-state index in [1.54, 1.807) is 18.2 Å². The van der Waals surface area contributed by atoms with E-state index in [0.29, 0.717) is 38.8 Å². The second-order valence-corrected chi connectivity index (χ2v) is 8.72. The second-order valence-electron chi connectivity index (χ2n) is 6.09. The summed E-state index contributed by atoms with van der Waals surface area (Å²) in [4.78, 5) is 24.3. The Bertz CT molecular complexity index is 1010. The number of aryl methyl sites for hydroxylation is 1. The van der Waals surface area contributed by atoms with Crippen LogP contribution in [0, 0.1) is 0 Å². The van der Waals surface area contributed by atoms with Crippen LogP contribution in [-0.4, -0.2) is 34.9 Å². The minimum absolute atomic E-state index is 0.127. The van der Waals surface area contributed by atoms with Crippen molar-refractivity contribution in [3.05, 3.63) is 59.1 Å². The molecule has 0 aliphatic heterocycles. The monoisotopic (exact) mass is 462 g/mol. The number of benzene rings is 2. The predicted octanol–water partition coefficient (Wildman–Crippen LogP) is 4.50. The van der Waals surface area contributed by atoms with Crippen molar-refractivity contribution in [1.29, 1.82) is 0 Å². The minimum atomic E-state index is -0.232. The molecule has 0 atom stereocenters. The van der Waals surface area contributed by atoms with Crippen molar-refractivity contribution in [2.45, 2.75) is 17.2 Å². The molecule has 7 nitrogen and oxygen atoms in total. The highest BCUT2D eigenvalue weighted by Crippen LogP contribution is 2.29. The van der Waals surface area contributed by atoms with E-state index in [9.17, 15) is 9.59 Å². The molecule has 3 aromatic rings. The van der Waals surface area contributed by atoms with Gasteiger partial charge in [-0.2, -0.15) is 0 Å². The highest BCUT2D eigenvalue weighted by atomic mass is 35.5. The number of nitrogens with zero attached hydrogens (tertiary/aromatic N) is 2. The van der Waals surface area contributed by atoms with Crippen molar-refractivity contribution in [2.24, 2.45) is 0 Å². The van der Waals surface area contributed by atoms with Gasteiger partial charge in [0.25, 0.3) is 0 Å². The quantitative estimate of drug-likeness (QED) is 0.359. The largest absolute Gasteiger partial charge is 0.495 e. The van der Waals surface area contributed by atoms with Crippen LogP contribution in [0.5, 0.6) is 5.75 Å². The van der Waals surface area contributed by atoms with Crippen LogP contribution >= 0.6 is 34.7 Å². The molecule has 30 heavy (non-hydrogen) atoms. The van der Waals surface area contributed by atoms with E-state index in [1.807, 2.05) is 30.3 Å². The molecular weight excluding hydrogens is 444 g/mol. The lowest BCUT2D eigenvalue weighted by atomic mass is 10.1. The van der Waals surface area contributed by atoms with Gasteiger partial charge in [0, 0.05) is 11.4 Å². The number of thioether (sulfide) groups is 1. The van der Waals surface area contributed by atoms with E-state index in [1.165, 1.54) is 30.2 Å². The topological polar surface area (TPSA) is 93.2 Å². The fourth-order valence-corrected chi connectivity index (χ4v) is 4.23. The van der Waals surface area contributed by atoms with Crippen molar-refractivity contribution in [2.75, 3.05) is 23.5 Å². The normalized spacial score (nSPS) is 10.5. The molecular formula is C20H19ClN4O3S2. The lowest BCUT2D eigenvalue weighted by Crippen LogP contribution is -2.14. The number of halogens is 1. The number of carbonyl (C=O) groups excluding carboxylic acids is 2. The molecule has 0 aliphatic carbocycles. The molecule has 2 amide bonds. The van der Waals surface area contributed by atoms with E-state index in [2.05, 4.69) is 20.8 Å². The Morgan fingerprint density at radius 1 is 1.10 bits per heavy atom. The summed E-state index contributed by atoms with van der Waals surface area (Å²) in [6.07, 6.45) is 1.01. The summed E-state index contributed by atoms with van der Waals surface area (Å²) >= 11 is 8.42. The summed E-state index contributed by atoms with van der Waals surface area (Å²) in [5.41, 5.74) is 1.60. The van der Waals surface area contributed by atoms with Gasteiger partial charge < -0.3 is 15.4 Å². The van der Waals surface area contributed by atoms with Gasteiger partial charge in [-0.1, -0.05) is 65.0 Å². The smallest absolute Gasteiger partial charge is 0.234 e. The Hall–Kier alpha value is -2.62. The Labute approximate surface area is 187 Å². The van der Waals surface area contributed by atoms with Crippen LogP contribution in [-0.2, 0) is 16.0 Å². The number of aromatic nitrogens is 2. The van der Waals surface area contributed by atoms with Crippen LogP contribution in [0.15, 0.2) is 52.9 Å². The summed E-state index contributed by atoms with van der Waals surface area (Å²) < 4.78 is 5.80. The van der Waals surface area contributed by atoms with E-state index in [-0.39, 0.29) is 17.6 Å². The summed E-state index contributed by atoms with van der Waals surface area (Å²) in [5, 5.41) is 14.4. The van der Waals surface area contributed by atoms with Crippen LogP contribution < -0.4 is 15.4 Å². The molecule has 0 unspecified atom stereocenters. The van der Waals surface area contributed by atoms with E-state index < -0.39 is 0 Å². The van der Waals surface area contributed by atoms with Crippen molar-refractivity contribution < 1.29 is 14.3 Å². The van der Waals surface area contributed by atoms with Crippen LogP contribution in [0.4, 0.5) is 10.8 Å². The zero-order chi connectivity index (χ0) is 21.3. The minimum Gasteiger partial charge on any atom is -0.495 e. The first kappa shape index (κ1) is 22.1. The number of anilines is 2. The van der Waals surface area contributed by atoms with Gasteiger partial charge in [-0.05, 0) is 30.2 Å². The molecule has 0 fully saturated rings. The van der Waals surface area contributed by atoms with E-state index in [0.717, 1.165) is 5.56 Å². The lowest BCUT2D eigenvalue weighted by molar-refractivity contribution is -0.116. The van der Waals surface area contributed by atoms with Gasteiger partial charge in [0.05, 0.1) is 18.6 Å². The fourth-order valence-electron chi connectivity index (χ4n) is 2.49. The third-order valence-corrected chi connectivity index (χ3v) is 6.11. The molecule has 1 heterocycles.